The number of nitrogens with zero attached hydrogens (tertiary/aromatic N) is 7. The van der Waals surface area contributed by atoms with Crippen molar-refractivity contribution in [3.05, 3.63) is 103 Å². The summed E-state index contributed by atoms with van der Waals surface area (Å²) in [5.41, 5.74) is 4.64. The maximum atomic E-state index is 12.7. The number of fused-ring (bicyclic) bond motifs is 1. The molecule has 0 spiro atoms. The average molecular weight is 536 g/mol. The fourth-order valence-corrected chi connectivity index (χ4v) is 5.09. The molecule has 0 saturated carbocycles. The zero-order valence-corrected chi connectivity index (χ0v) is 21.1. The molecule has 0 amide bonds. The predicted octanol–water partition coefficient (Wildman–Crippen LogP) is 6.96. The van der Waals surface area contributed by atoms with Gasteiger partial charge in [-0.1, -0.05) is 89.3 Å². The Hall–Kier alpha value is -5.36. The van der Waals surface area contributed by atoms with Crippen molar-refractivity contribution in [2.24, 2.45) is 42.0 Å². The first-order chi connectivity index (χ1) is 19.0. The van der Waals surface area contributed by atoms with Gasteiger partial charge in [-0.15, -0.1) is 15.3 Å². The van der Waals surface area contributed by atoms with Crippen molar-refractivity contribution in [1.29, 1.82) is 0 Å². The monoisotopic (exact) mass is 535 g/mol. The molecule has 1 aromatic heterocycles. The molecule has 0 atom stereocenters. The largest absolute Gasteiger partial charge is 0.305 e. The zero-order valence-electron chi connectivity index (χ0n) is 20.3. The number of benzene rings is 4. The molecule has 0 saturated heterocycles. The normalized spacial score (nSPS) is 12.2. The summed E-state index contributed by atoms with van der Waals surface area (Å²) in [4.78, 5) is 4.42. The number of nitrogens with two attached hydrogens (primary N) is 2. The molecular formula is C27H21N9O2S. The summed E-state index contributed by atoms with van der Waals surface area (Å²) in [6.07, 6.45) is 1.58. The van der Waals surface area contributed by atoms with E-state index in [4.69, 9.17) is 11.7 Å². The Kier molecular flexibility index (Phi) is 7.10. The maximum absolute atomic E-state index is 12.7. The van der Waals surface area contributed by atoms with Crippen molar-refractivity contribution in [2.75, 3.05) is 0 Å². The Morgan fingerprint density at radius 1 is 0.667 bits per heavy atom. The van der Waals surface area contributed by atoms with Crippen LogP contribution in [0.25, 0.3) is 33.2 Å². The summed E-state index contributed by atoms with van der Waals surface area (Å²) in [7, 11) is -4.22. The Morgan fingerprint density at radius 2 is 1.36 bits per heavy atom. The van der Waals surface area contributed by atoms with E-state index in [1.54, 1.807) is 36.5 Å². The lowest BCUT2D eigenvalue weighted by atomic mass is 9.97. The SMILES string of the molecule is NN=Nc1c(N=Nc2ccc(-c3ccccc3-c3ccccc3)nc2)cc(S(=O)(=O)N=NN)c2ccccc12. The fraction of sp³-hybridized carbons (Fsp3) is 0. The lowest BCUT2D eigenvalue weighted by molar-refractivity contribution is 0.595. The fourth-order valence-electron chi connectivity index (χ4n) is 4.16. The summed E-state index contributed by atoms with van der Waals surface area (Å²) < 4.78 is 28.7. The topological polar surface area (TPSA) is 173 Å². The third kappa shape index (κ3) is 5.22. The number of azo groups is 1. The number of aromatic nitrogens is 1. The second-order valence-corrected chi connectivity index (χ2v) is 9.74. The molecule has 5 rings (SSSR count). The van der Waals surface area contributed by atoms with E-state index in [0.29, 0.717) is 16.5 Å². The Morgan fingerprint density at radius 3 is 2.05 bits per heavy atom. The highest BCUT2D eigenvalue weighted by Crippen LogP contribution is 2.41. The molecular weight excluding hydrogens is 514 g/mol. The highest BCUT2D eigenvalue weighted by Gasteiger charge is 2.22. The predicted molar refractivity (Wildman–Crippen MR) is 148 cm³/mol. The molecule has 4 aromatic carbocycles. The van der Waals surface area contributed by atoms with E-state index in [-0.39, 0.29) is 16.3 Å². The van der Waals surface area contributed by atoms with Crippen LogP contribution in [0.15, 0.2) is 138 Å². The molecule has 192 valence electrons. The van der Waals surface area contributed by atoms with Crippen molar-refractivity contribution < 1.29 is 8.42 Å². The van der Waals surface area contributed by atoms with Gasteiger partial charge in [-0.3, -0.25) is 4.98 Å². The molecule has 0 radical (unpaired) electrons. The van der Waals surface area contributed by atoms with Crippen LogP contribution < -0.4 is 11.7 Å². The number of rotatable bonds is 7. The van der Waals surface area contributed by atoms with Gasteiger partial charge >= 0.3 is 10.0 Å². The van der Waals surface area contributed by atoms with E-state index in [2.05, 4.69) is 35.3 Å². The van der Waals surface area contributed by atoms with Gasteiger partial charge in [-0.25, -0.2) is 0 Å². The van der Waals surface area contributed by atoms with Crippen molar-refractivity contribution in [2.45, 2.75) is 4.90 Å². The maximum Gasteiger partial charge on any atom is 0.301 e. The van der Waals surface area contributed by atoms with Crippen LogP contribution in [0.3, 0.4) is 0 Å². The lowest BCUT2D eigenvalue weighted by Crippen LogP contribution is -1.99. The Labute approximate surface area is 223 Å². The molecule has 0 fully saturated rings. The van der Waals surface area contributed by atoms with Crippen molar-refractivity contribution in [1.82, 2.24) is 4.98 Å². The third-order valence-corrected chi connectivity index (χ3v) is 7.06. The third-order valence-electron chi connectivity index (χ3n) is 5.86. The minimum absolute atomic E-state index is 0.104. The zero-order chi connectivity index (χ0) is 27.2. The number of sulfonamides is 1. The number of hydrogen-bond donors (Lipinski definition) is 2. The second kappa shape index (κ2) is 10.9. The molecule has 0 unspecified atom stereocenters. The first-order valence-electron chi connectivity index (χ1n) is 11.6. The minimum atomic E-state index is -4.22. The van der Waals surface area contributed by atoms with Crippen LogP contribution in [0.2, 0.25) is 0 Å². The van der Waals surface area contributed by atoms with Crippen molar-refractivity contribution in [3.63, 3.8) is 0 Å². The molecule has 12 heteroatoms. The molecule has 1 heterocycles. The smallest absolute Gasteiger partial charge is 0.301 e. The van der Waals surface area contributed by atoms with Crippen LogP contribution in [-0.2, 0) is 10.0 Å². The Bertz CT molecular complexity index is 1840. The van der Waals surface area contributed by atoms with E-state index in [1.165, 1.54) is 6.07 Å². The summed E-state index contributed by atoms with van der Waals surface area (Å²) in [5.74, 6) is 10.4. The van der Waals surface area contributed by atoms with E-state index in [1.807, 2.05) is 60.7 Å². The summed E-state index contributed by atoms with van der Waals surface area (Å²) in [6.45, 7) is 0. The summed E-state index contributed by atoms with van der Waals surface area (Å²) in [5, 5.41) is 19.6. The van der Waals surface area contributed by atoms with Gasteiger partial charge in [0, 0.05) is 16.3 Å². The summed E-state index contributed by atoms with van der Waals surface area (Å²) in [6, 6.07) is 29.6. The standard InChI is InChI=1S/C27H21N9O2S/c28-34-33-27-23-13-7-6-12-22(23)26(39(37,38)36-35-29)16-25(27)32-31-19-14-15-24(30-17-19)21-11-5-4-10-20(21)18-8-2-1-3-9-18/h1-17H,(H2,28,33)(H2,29,36). The lowest BCUT2D eigenvalue weighted by Gasteiger charge is -2.10. The summed E-state index contributed by atoms with van der Waals surface area (Å²) >= 11 is 0. The van der Waals surface area contributed by atoms with Gasteiger partial charge in [0.25, 0.3) is 0 Å². The van der Waals surface area contributed by atoms with Gasteiger partial charge in [0.05, 0.1) is 11.9 Å². The van der Waals surface area contributed by atoms with Crippen LogP contribution in [0.5, 0.6) is 0 Å². The molecule has 39 heavy (non-hydrogen) atoms. The molecule has 11 nitrogen and oxygen atoms in total. The van der Waals surface area contributed by atoms with E-state index < -0.39 is 10.0 Å². The quantitative estimate of drug-likeness (QED) is 0.130. The molecule has 4 N–H and O–H groups in total. The van der Waals surface area contributed by atoms with Gasteiger partial charge in [-0.05, 0) is 33.8 Å². The number of pyridine rings is 1. The van der Waals surface area contributed by atoms with Gasteiger partial charge in [0.2, 0.25) is 0 Å². The highest BCUT2D eigenvalue weighted by atomic mass is 32.2. The van der Waals surface area contributed by atoms with Crippen molar-refractivity contribution >= 4 is 37.9 Å². The highest BCUT2D eigenvalue weighted by molar-refractivity contribution is 7.90. The van der Waals surface area contributed by atoms with E-state index in [9.17, 15) is 8.42 Å². The van der Waals surface area contributed by atoms with Crippen LogP contribution in [-0.4, -0.2) is 13.4 Å². The van der Waals surface area contributed by atoms with Crippen molar-refractivity contribution in [3.8, 4) is 22.4 Å². The van der Waals surface area contributed by atoms with Gasteiger partial charge in [0.1, 0.15) is 22.0 Å². The molecule has 0 aliphatic rings. The van der Waals surface area contributed by atoms with Gasteiger partial charge < -0.3 is 11.7 Å². The van der Waals surface area contributed by atoms with Gasteiger partial charge in [-0.2, -0.15) is 8.42 Å². The molecule has 0 aliphatic carbocycles. The van der Waals surface area contributed by atoms with E-state index >= 15 is 0 Å². The molecule has 5 aromatic rings. The number of hydrogen-bond acceptors (Lipinski definition) is 8. The second-order valence-electron chi connectivity index (χ2n) is 8.19. The molecule has 0 bridgehead atoms. The van der Waals surface area contributed by atoms with Crippen LogP contribution >= 0.6 is 0 Å². The Balaban J connectivity index is 1.55. The minimum Gasteiger partial charge on any atom is -0.305 e. The van der Waals surface area contributed by atoms with Crippen LogP contribution in [0, 0.1) is 0 Å². The molecule has 0 aliphatic heterocycles. The first kappa shape index (κ1) is 25.3. The van der Waals surface area contributed by atoms with E-state index in [0.717, 1.165) is 22.4 Å². The van der Waals surface area contributed by atoms with Crippen LogP contribution in [0.1, 0.15) is 0 Å². The van der Waals surface area contributed by atoms with Gasteiger partial charge in [0.15, 0.2) is 0 Å². The first-order valence-corrected chi connectivity index (χ1v) is 13.0. The van der Waals surface area contributed by atoms with Crippen LogP contribution in [0.4, 0.5) is 17.1 Å². The average Bonchev–Trinajstić information content (AvgIpc) is 2.97.